The van der Waals surface area contributed by atoms with E-state index >= 15 is 0 Å². The molecule has 2 heterocycles. The number of aromatic nitrogens is 2. The Balaban J connectivity index is 1.21. The number of hydrogen-bond acceptors (Lipinski definition) is 1. The fourth-order valence-electron chi connectivity index (χ4n) is 8.92. The maximum absolute atomic E-state index is 6.64. The first-order valence-electron chi connectivity index (χ1n) is 22.1. The predicted molar refractivity (Wildman–Crippen MR) is 268 cm³/mol. The van der Waals surface area contributed by atoms with Gasteiger partial charge in [0.1, 0.15) is 0 Å². The van der Waals surface area contributed by atoms with E-state index in [2.05, 4.69) is 207 Å². The molecule has 0 unspecified atom stereocenters. The summed E-state index contributed by atoms with van der Waals surface area (Å²) in [5.74, 6) is 2.76. The fourth-order valence-corrected chi connectivity index (χ4v) is 8.92. The van der Waals surface area contributed by atoms with Gasteiger partial charge in [-0.15, -0.1) is 12.3 Å². The molecule has 0 radical (unpaired) electrons. The number of rotatable bonds is 13. The lowest BCUT2D eigenvalue weighted by molar-refractivity contribution is 0.967. The minimum Gasteiger partial charge on any atom is -0.398 e. The molecular formula is C59H57N3. The summed E-state index contributed by atoms with van der Waals surface area (Å²) >= 11 is 0. The molecule has 2 aromatic heterocycles. The second-order valence-electron chi connectivity index (χ2n) is 16.4. The second-order valence-corrected chi connectivity index (χ2v) is 16.4. The van der Waals surface area contributed by atoms with Gasteiger partial charge in [0.05, 0.1) is 5.52 Å². The number of allylic oxidation sites excluding steroid dienone is 6. The van der Waals surface area contributed by atoms with Crippen molar-refractivity contribution in [3.8, 4) is 46.0 Å². The smallest absolute Gasteiger partial charge is 0.0537 e. The van der Waals surface area contributed by atoms with Gasteiger partial charge < -0.3 is 14.9 Å². The van der Waals surface area contributed by atoms with Crippen molar-refractivity contribution in [3.05, 3.63) is 202 Å². The van der Waals surface area contributed by atoms with Crippen LogP contribution in [-0.2, 0) is 12.8 Å². The maximum atomic E-state index is 6.64. The second kappa shape index (κ2) is 18.7. The number of aryl methyl sites for hydroxylation is 2. The highest BCUT2D eigenvalue weighted by Crippen LogP contribution is 2.36. The molecule has 5 aromatic carbocycles. The van der Waals surface area contributed by atoms with Gasteiger partial charge in [-0.3, -0.25) is 0 Å². The summed E-state index contributed by atoms with van der Waals surface area (Å²) in [5, 5.41) is 1.35. The average molecular weight is 808 g/mol. The Hall–Kier alpha value is -7.02. The normalized spacial score (nSPS) is 12.9. The summed E-state index contributed by atoms with van der Waals surface area (Å²) in [6.07, 6.45) is 30.6. The minimum atomic E-state index is 0.594. The molecule has 308 valence electrons. The topological polar surface area (TPSA) is 35.9 Å². The SMILES string of the molecule is C#CC/C=C\c1c(C)c(C)c(/C=C\CC)n1-c1ccc(-c2cc(Cc3ccc(C)c(/C(N)=C/C=C\CC)c3)cc(-c3ccc(-n4c5c(c6ccccc64)CCC=C5)cc3)c2)cc1. The zero-order valence-electron chi connectivity index (χ0n) is 36.9. The Morgan fingerprint density at radius 3 is 2.00 bits per heavy atom. The Kier molecular flexibility index (Phi) is 12.6. The molecule has 0 atom stereocenters. The lowest BCUT2D eigenvalue weighted by Gasteiger charge is -2.15. The third kappa shape index (κ3) is 8.47. The van der Waals surface area contributed by atoms with Gasteiger partial charge in [0.15, 0.2) is 0 Å². The molecule has 0 saturated heterocycles. The Labute approximate surface area is 369 Å². The van der Waals surface area contributed by atoms with E-state index < -0.39 is 0 Å². The van der Waals surface area contributed by atoms with Crippen molar-refractivity contribution in [2.75, 3.05) is 0 Å². The summed E-state index contributed by atoms with van der Waals surface area (Å²) in [5.41, 5.74) is 28.0. The largest absolute Gasteiger partial charge is 0.398 e. The van der Waals surface area contributed by atoms with Crippen molar-refractivity contribution in [2.45, 2.75) is 73.1 Å². The first-order chi connectivity index (χ1) is 30.3. The van der Waals surface area contributed by atoms with Crippen LogP contribution in [0.15, 0.2) is 146 Å². The predicted octanol–water partition coefficient (Wildman–Crippen LogP) is 15.0. The van der Waals surface area contributed by atoms with Crippen LogP contribution >= 0.6 is 0 Å². The summed E-state index contributed by atoms with van der Waals surface area (Å²) < 4.78 is 4.79. The van der Waals surface area contributed by atoms with Crippen LogP contribution in [0.25, 0.3) is 68.5 Å². The molecular weight excluding hydrogens is 751 g/mol. The van der Waals surface area contributed by atoms with Crippen LogP contribution in [-0.4, -0.2) is 9.13 Å². The quantitative estimate of drug-likeness (QED) is 0.0914. The van der Waals surface area contributed by atoms with Crippen molar-refractivity contribution >= 4 is 34.8 Å². The number of terminal acetylenes is 1. The molecule has 0 aliphatic heterocycles. The standard InChI is InChI=1S/C59H57N3/c1-7-10-13-21-55(60)54-39-44(27-26-41(54)4)36-45-37-48(46-28-32-50(33-29-46)61-56(22-12-9-3)42(5)43(6)57(61)23-14-11-8-2)40-49(38-45)47-30-34-51(35-31-47)62-58-24-17-15-19-52(58)53-20-16-18-25-59(53)62/h2,10,12-15,17-19,21-35,37-40H,7,9,11,16,20,36,60H2,1,3-6H3/b13-10-,22-12-,23-14-,55-21-. The van der Waals surface area contributed by atoms with Crippen LogP contribution in [0.5, 0.6) is 0 Å². The van der Waals surface area contributed by atoms with Gasteiger partial charge in [0.2, 0.25) is 0 Å². The third-order valence-electron chi connectivity index (χ3n) is 12.3. The molecule has 0 bridgehead atoms. The van der Waals surface area contributed by atoms with E-state index in [0.29, 0.717) is 6.42 Å². The first kappa shape index (κ1) is 41.7. The molecule has 0 spiro atoms. The molecule has 62 heavy (non-hydrogen) atoms. The highest BCUT2D eigenvalue weighted by Gasteiger charge is 2.19. The molecule has 0 saturated carbocycles. The van der Waals surface area contributed by atoms with E-state index in [-0.39, 0.29) is 0 Å². The van der Waals surface area contributed by atoms with E-state index in [9.17, 15) is 0 Å². The van der Waals surface area contributed by atoms with Gasteiger partial charge in [0, 0.05) is 51.5 Å². The number of hydrogen-bond donors (Lipinski definition) is 1. The van der Waals surface area contributed by atoms with E-state index in [1.54, 1.807) is 0 Å². The molecule has 8 rings (SSSR count). The fraction of sp³-hybridized carbons (Fsp3) is 0.186. The van der Waals surface area contributed by atoms with Gasteiger partial charge >= 0.3 is 0 Å². The van der Waals surface area contributed by atoms with Gasteiger partial charge in [-0.25, -0.2) is 0 Å². The van der Waals surface area contributed by atoms with Crippen LogP contribution in [0, 0.1) is 33.1 Å². The Morgan fingerprint density at radius 1 is 0.694 bits per heavy atom. The molecule has 2 N–H and O–H groups in total. The van der Waals surface area contributed by atoms with E-state index in [1.165, 1.54) is 83.6 Å². The Morgan fingerprint density at radius 2 is 1.34 bits per heavy atom. The number of para-hydroxylation sites is 1. The molecule has 7 aromatic rings. The van der Waals surface area contributed by atoms with E-state index in [4.69, 9.17) is 12.2 Å². The lowest BCUT2D eigenvalue weighted by atomic mass is 9.92. The minimum absolute atomic E-state index is 0.594. The van der Waals surface area contributed by atoms with Gasteiger partial charge in [-0.05, 0) is 175 Å². The van der Waals surface area contributed by atoms with Gasteiger partial charge in [-0.1, -0.05) is 111 Å². The highest BCUT2D eigenvalue weighted by atomic mass is 15.0. The monoisotopic (exact) mass is 807 g/mol. The van der Waals surface area contributed by atoms with Crippen LogP contribution < -0.4 is 5.73 Å². The van der Waals surface area contributed by atoms with Crippen molar-refractivity contribution in [1.29, 1.82) is 0 Å². The molecule has 3 nitrogen and oxygen atoms in total. The van der Waals surface area contributed by atoms with E-state index in [1.807, 2.05) is 6.08 Å². The lowest BCUT2D eigenvalue weighted by Crippen LogP contribution is -2.01. The van der Waals surface area contributed by atoms with Crippen LogP contribution in [0.1, 0.15) is 95.6 Å². The highest BCUT2D eigenvalue weighted by molar-refractivity contribution is 5.91. The van der Waals surface area contributed by atoms with Crippen LogP contribution in [0.3, 0.4) is 0 Å². The van der Waals surface area contributed by atoms with E-state index in [0.717, 1.165) is 54.7 Å². The van der Waals surface area contributed by atoms with Crippen LogP contribution in [0.2, 0.25) is 0 Å². The summed E-state index contributed by atoms with van der Waals surface area (Å²) in [4.78, 5) is 0. The number of benzene rings is 5. The number of nitrogens with two attached hydrogens (primary N) is 1. The number of fused-ring (bicyclic) bond motifs is 3. The molecule has 1 aliphatic carbocycles. The van der Waals surface area contributed by atoms with Crippen molar-refractivity contribution in [2.24, 2.45) is 5.73 Å². The first-order valence-corrected chi connectivity index (χ1v) is 22.1. The molecule has 0 amide bonds. The van der Waals surface area contributed by atoms with Crippen LogP contribution in [0.4, 0.5) is 0 Å². The zero-order chi connectivity index (χ0) is 43.2. The van der Waals surface area contributed by atoms with Gasteiger partial charge in [0.25, 0.3) is 0 Å². The molecule has 0 fully saturated rings. The number of nitrogens with zero attached hydrogens (tertiary/aromatic N) is 2. The summed E-state index contributed by atoms with van der Waals surface area (Å²) in [7, 11) is 0. The Bertz CT molecular complexity index is 2940. The van der Waals surface area contributed by atoms with Crippen molar-refractivity contribution < 1.29 is 0 Å². The van der Waals surface area contributed by atoms with Crippen molar-refractivity contribution in [3.63, 3.8) is 0 Å². The third-order valence-corrected chi connectivity index (χ3v) is 12.3. The summed E-state index contributed by atoms with van der Waals surface area (Å²) in [6, 6.07) is 40.7. The average Bonchev–Trinajstić information content (AvgIpc) is 3.76. The molecule has 1 aliphatic rings. The van der Waals surface area contributed by atoms with Gasteiger partial charge in [-0.2, -0.15) is 0 Å². The maximum Gasteiger partial charge on any atom is 0.0537 e. The summed E-state index contributed by atoms with van der Waals surface area (Å²) in [6.45, 7) is 10.9. The zero-order valence-corrected chi connectivity index (χ0v) is 36.9. The van der Waals surface area contributed by atoms with Crippen molar-refractivity contribution in [1.82, 2.24) is 9.13 Å². The molecule has 3 heteroatoms.